The fourth-order valence-corrected chi connectivity index (χ4v) is 1.60. The average Bonchev–Trinajstić information content (AvgIpc) is 2.01. The van der Waals surface area contributed by atoms with Gasteiger partial charge < -0.3 is 5.73 Å². The van der Waals surface area contributed by atoms with E-state index < -0.39 is 0 Å². The Hall–Kier alpha value is -0.960. The second-order valence-corrected chi connectivity index (χ2v) is 3.82. The Morgan fingerprint density at radius 3 is 2.36 bits per heavy atom. The normalized spacial score (nSPS) is 12.9. The third-order valence-electron chi connectivity index (χ3n) is 2.13. The summed E-state index contributed by atoms with van der Waals surface area (Å²) in [5.41, 5.74) is 7.98. The SMILES string of the molecule is CCCC(N)Cc1nc(C)cc(C)n1. The maximum atomic E-state index is 5.94. The third-order valence-corrected chi connectivity index (χ3v) is 2.13. The van der Waals surface area contributed by atoms with E-state index >= 15 is 0 Å². The van der Waals surface area contributed by atoms with Gasteiger partial charge in [-0.05, 0) is 26.3 Å². The first-order valence-electron chi connectivity index (χ1n) is 5.18. The van der Waals surface area contributed by atoms with Crippen molar-refractivity contribution in [1.82, 2.24) is 9.97 Å². The van der Waals surface area contributed by atoms with E-state index in [-0.39, 0.29) is 6.04 Å². The lowest BCUT2D eigenvalue weighted by molar-refractivity contribution is 0.582. The van der Waals surface area contributed by atoms with Crippen molar-refractivity contribution in [2.24, 2.45) is 5.73 Å². The van der Waals surface area contributed by atoms with Crippen molar-refractivity contribution >= 4 is 0 Å². The Balaban J connectivity index is 2.66. The van der Waals surface area contributed by atoms with Gasteiger partial charge in [0.1, 0.15) is 5.82 Å². The van der Waals surface area contributed by atoms with Gasteiger partial charge in [-0.15, -0.1) is 0 Å². The molecule has 0 aliphatic rings. The lowest BCUT2D eigenvalue weighted by Crippen LogP contribution is -2.23. The molecule has 0 aliphatic carbocycles. The van der Waals surface area contributed by atoms with Crippen LogP contribution in [-0.4, -0.2) is 16.0 Å². The number of aromatic nitrogens is 2. The zero-order valence-electron chi connectivity index (χ0n) is 9.25. The first kappa shape index (κ1) is 11.1. The topological polar surface area (TPSA) is 51.8 Å². The minimum atomic E-state index is 0.196. The summed E-state index contributed by atoms with van der Waals surface area (Å²) in [5, 5.41) is 0. The van der Waals surface area contributed by atoms with E-state index in [9.17, 15) is 0 Å². The number of hydrogen-bond donors (Lipinski definition) is 1. The van der Waals surface area contributed by atoms with Crippen LogP contribution in [0.1, 0.15) is 37.0 Å². The van der Waals surface area contributed by atoms with E-state index in [2.05, 4.69) is 16.9 Å². The minimum Gasteiger partial charge on any atom is -0.327 e. The monoisotopic (exact) mass is 193 g/mol. The molecule has 0 saturated heterocycles. The third kappa shape index (κ3) is 3.42. The highest BCUT2D eigenvalue weighted by Gasteiger charge is 2.06. The van der Waals surface area contributed by atoms with Crippen LogP contribution in [0.4, 0.5) is 0 Å². The van der Waals surface area contributed by atoms with Gasteiger partial charge in [-0.25, -0.2) is 9.97 Å². The standard InChI is InChI=1S/C11H19N3/c1-4-5-10(12)7-11-13-8(2)6-9(3)14-11/h6,10H,4-5,7,12H2,1-3H3. The van der Waals surface area contributed by atoms with E-state index in [0.717, 1.165) is 36.5 Å². The van der Waals surface area contributed by atoms with Crippen molar-refractivity contribution in [3.63, 3.8) is 0 Å². The predicted octanol–water partition coefficient (Wildman–Crippen LogP) is 1.76. The summed E-state index contributed by atoms with van der Waals surface area (Å²) in [5.74, 6) is 0.878. The van der Waals surface area contributed by atoms with Crippen LogP contribution >= 0.6 is 0 Å². The van der Waals surface area contributed by atoms with E-state index in [1.54, 1.807) is 0 Å². The first-order chi connectivity index (χ1) is 6.61. The fourth-order valence-electron chi connectivity index (χ4n) is 1.60. The Labute approximate surface area is 85.8 Å². The van der Waals surface area contributed by atoms with Gasteiger partial charge in [-0.1, -0.05) is 13.3 Å². The molecule has 14 heavy (non-hydrogen) atoms. The van der Waals surface area contributed by atoms with Crippen LogP contribution in [-0.2, 0) is 6.42 Å². The summed E-state index contributed by atoms with van der Waals surface area (Å²) in [6.07, 6.45) is 2.94. The van der Waals surface area contributed by atoms with Gasteiger partial charge in [-0.3, -0.25) is 0 Å². The molecule has 0 aromatic carbocycles. The number of hydrogen-bond acceptors (Lipinski definition) is 3. The van der Waals surface area contributed by atoms with E-state index in [1.807, 2.05) is 19.9 Å². The van der Waals surface area contributed by atoms with Crippen LogP contribution in [0.15, 0.2) is 6.07 Å². The van der Waals surface area contributed by atoms with Crippen molar-refractivity contribution in [2.75, 3.05) is 0 Å². The molecule has 1 atom stereocenters. The average molecular weight is 193 g/mol. The molecule has 0 radical (unpaired) electrons. The fraction of sp³-hybridized carbons (Fsp3) is 0.636. The molecule has 3 nitrogen and oxygen atoms in total. The maximum absolute atomic E-state index is 5.94. The lowest BCUT2D eigenvalue weighted by Gasteiger charge is -2.09. The molecule has 1 aromatic rings. The Kier molecular flexibility index (Phi) is 4.01. The van der Waals surface area contributed by atoms with Crippen molar-refractivity contribution in [3.8, 4) is 0 Å². The molecule has 78 valence electrons. The van der Waals surface area contributed by atoms with Gasteiger partial charge in [0.2, 0.25) is 0 Å². The molecule has 0 amide bonds. The van der Waals surface area contributed by atoms with E-state index in [4.69, 9.17) is 5.73 Å². The minimum absolute atomic E-state index is 0.196. The summed E-state index contributed by atoms with van der Waals surface area (Å²) in [6, 6.07) is 2.18. The van der Waals surface area contributed by atoms with Crippen LogP contribution in [0, 0.1) is 13.8 Å². The van der Waals surface area contributed by atoms with Gasteiger partial charge in [0.05, 0.1) is 0 Å². The summed E-state index contributed by atoms with van der Waals surface area (Å²) >= 11 is 0. The summed E-state index contributed by atoms with van der Waals surface area (Å²) < 4.78 is 0. The van der Waals surface area contributed by atoms with Gasteiger partial charge in [0.25, 0.3) is 0 Å². The van der Waals surface area contributed by atoms with Gasteiger partial charge >= 0.3 is 0 Å². The zero-order chi connectivity index (χ0) is 10.6. The van der Waals surface area contributed by atoms with Crippen molar-refractivity contribution in [2.45, 2.75) is 46.1 Å². The Bertz CT molecular complexity index is 276. The highest BCUT2D eigenvalue weighted by molar-refractivity contribution is 5.08. The molecular weight excluding hydrogens is 174 g/mol. The van der Waals surface area contributed by atoms with Crippen molar-refractivity contribution < 1.29 is 0 Å². The van der Waals surface area contributed by atoms with Crippen LogP contribution in [0.2, 0.25) is 0 Å². The van der Waals surface area contributed by atoms with Gasteiger partial charge in [0, 0.05) is 23.9 Å². The quantitative estimate of drug-likeness (QED) is 0.792. The molecule has 0 spiro atoms. The molecule has 1 unspecified atom stereocenters. The number of aryl methyl sites for hydroxylation is 2. The molecule has 0 aliphatic heterocycles. The number of rotatable bonds is 4. The Morgan fingerprint density at radius 2 is 1.86 bits per heavy atom. The second kappa shape index (κ2) is 5.05. The smallest absolute Gasteiger partial charge is 0.130 e. The predicted molar refractivity (Wildman–Crippen MR) is 58.1 cm³/mol. The molecule has 0 fully saturated rings. The molecule has 0 bridgehead atoms. The molecule has 1 aromatic heterocycles. The highest BCUT2D eigenvalue weighted by Crippen LogP contribution is 2.04. The summed E-state index contributed by atoms with van der Waals surface area (Å²) in [6.45, 7) is 6.12. The molecular formula is C11H19N3. The number of nitrogens with two attached hydrogens (primary N) is 1. The van der Waals surface area contributed by atoms with Gasteiger partial charge in [0.15, 0.2) is 0 Å². The molecule has 1 heterocycles. The molecule has 0 saturated carbocycles. The van der Waals surface area contributed by atoms with Gasteiger partial charge in [-0.2, -0.15) is 0 Å². The zero-order valence-corrected chi connectivity index (χ0v) is 9.25. The van der Waals surface area contributed by atoms with Crippen LogP contribution in [0.3, 0.4) is 0 Å². The van der Waals surface area contributed by atoms with Crippen LogP contribution in [0.5, 0.6) is 0 Å². The van der Waals surface area contributed by atoms with Crippen molar-refractivity contribution in [1.29, 1.82) is 0 Å². The second-order valence-electron chi connectivity index (χ2n) is 3.82. The van der Waals surface area contributed by atoms with Crippen LogP contribution < -0.4 is 5.73 Å². The number of nitrogens with zero attached hydrogens (tertiary/aromatic N) is 2. The summed E-state index contributed by atoms with van der Waals surface area (Å²) in [7, 11) is 0. The largest absolute Gasteiger partial charge is 0.327 e. The van der Waals surface area contributed by atoms with E-state index in [0.29, 0.717) is 0 Å². The molecule has 2 N–H and O–H groups in total. The Morgan fingerprint density at radius 1 is 1.29 bits per heavy atom. The maximum Gasteiger partial charge on any atom is 0.130 e. The first-order valence-corrected chi connectivity index (χ1v) is 5.18. The molecule has 3 heteroatoms. The molecule has 1 rings (SSSR count). The van der Waals surface area contributed by atoms with Crippen LogP contribution in [0.25, 0.3) is 0 Å². The van der Waals surface area contributed by atoms with E-state index in [1.165, 1.54) is 0 Å². The highest BCUT2D eigenvalue weighted by atomic mass is 14.9. The van der Waals surface area contributed by atoms with Crippen molar-refractivity contribution in [3.05, 3.63) is 23.3 Å². The summed E-state index contributed by atoms with van der Waals surface area (Å²) in [4.78, 5) is 8.73. The lowest BCUT2D eigenvalue weighted by atomic mass is 10.1.